The number of aromatic hydroxyl groups is 1. The fourth-order valence-electron chi connectivity index (χ4n) is 4.44. The lowest BCUT2D eigenvalue weighted by atomic mass is 9.72. The molecular formula is C22H23F2N3O5. The quantitative estimate of drug-likeness (QED) is 0.657. The summed E-state index contributed by atoms with van der Waals surface area (Å²) in [6.07, 6.45) is 1.20. The van der Waals surface area contributed by atoms with Crippen molar-refractivity contribution in [3.63, 3.8) is 0 Å². The maximum Gasteiger partial charge on any atom is 0.274 e. The first-order valence-electron chi connectivity index (χ1n) is 10.2. The molecule has 1 saturated carbocycles. The molecule has 1 aromatic carbocycles. The summed E-state index contributed by atoms with van der Waals surface area (Å²) in [6, 6.07) is 2.70. The maximum absolute atomic E-state index is 13.8. The van der Waals surface area contributed by atoms with Gasteiger partial charge in [0.1, 0.15) is 17.2 Å². The van der Waals surface area contributed by atoms with Crippen LogP contribution < -0.4 is 10.7 Å². The summed E-state index contributed by atoms with van der Waals surface area (Å²) in [5.41, 5.74) is -2.40. The Balaban J connectivity index is 1.71. The smallest absolute Gasteiger partial charge is 0.274 e. The molecule has 32 heavy (non-hydrogen) atoms. The number of aromatic nitrogens is 1. The first-order valence-corrected chi connectivity index (χ1v) is 10.2. The number of hydrogen-bond acceptors (Lipinski definition) is 5. The van der Waals surface area contributed by atoms with Crippen LogP contribution in [-0.4, -0.2) is 50.2 Å². The minimum atomic E-state index is -1.03. The van der Waals surface area contributed by atoms with Crippen molar-refractivity contribution in [2.45, 2.75) is 50.9 Å². The number of halogens is 2. The van der Waals surface area contributed by atoms with Crippen molar-refractivity contribution in [1.82, 2.24) is 14.8 Å². The van der Waals surface area contributed by atoms with Crippen molar-refractivity contribution in [2.75, 3.05) is 6.54 Å². The minimum absolute atomic E-state index is 0.0170. The fraction of sp³-hybridized carbons (Fsp3) is 0.409. The van der Waals surface area contributed by atoms with Gasteiger partial charge in [-0.3, -0.25) is 14.4 Å². The summed E-state index contributed by atoms with van der Waals surface area (Å²) in [5.74, 6) is -3.87. The van der Waals surface area contributed by atoms with E-state index in [2.05, 4.69) is 5.32 Å². The van der Waals surface area contributed by atoms with Crippen molar-refractivity contribution in [3.05, 3.63) is 63.1 Å². The second-order valence-electron chi connectivity index (χ2n) is 8.67. The summed E-state index contributed by atoms with van der Waals surface area (Å²) in [7, 11) is 0. The number of carbonyl (C=O) groups is 2. The Hall–Kier alpha value is -3.27. The third-order valence-electron chi connectivity index (χ3n) is 6.18. The molecule has 2 aliphatic rings. The summed E-state index contributed by atoms with van der Waals surface area (Å²) in [5, 5.41) is 22.9. The van der Waals surface area contributed by atoms with Crippen molar-refractivity contribution in [2.24, 2.45) is 0 Å². The number of nitrogens with one attached hydrogen (secondary N) is 1. The Bertz CT molecular complexity index is 1170. The number of aliphatic hydroxyl groups excluding tert-OH is 1. The molecule has 1 aromatic heterocycles. The molecule has 2 heterocycles. The third-order valence-corrected chi connectivity index (χ3v) is 6.18. The molecule has 2 aromatic rings. The fourth-order valence-corrected chi connectivity index (χ4v) is 4.44. The highest BCUT2D eigenvalue weighted by atomic mass is 19.1. The summed E-state index contributed by atoms with van der Waals surface area (Å²) in [6.45, 7) is 3.57. The van der Waals surface area contributed by atoms with E-state index in [9.17, 15) is 33.4 Å². The van der Waals surface area contributed by atoms with Crippen molar-refractivity contribution in [3.8, 4) is 5.75 Å². The zero-order chi connectivity index (χ0) is 23.4. The number of pyridine rings is 1. The molecule has 170 valence electrons. The zero-order valence-electron chi connectivity index (χ0n) is 17.6. The highest BCUT2D eigenvalue weighted by molar-refractivity contribution is 5.99. The van der Waals surface area contributed by atoms with E-state index in [0.29, 0.717) is 18.9 Å². The van der Waals surface area contributed by atoms with Gasteiger partial charge in [0, 0.05) is 37.0 Å². The molecule has 0 atom stereocenters. The molecule has 0 unspecified atom stereocenters. The second-order valence-corrected chi connectivity index (χ2v) is 8.67. The average molecular weight is 447 g/mol. The number of nitrogens with zero attached hydrogens (tertiary/aromatic N) is 2. The second kappa shape index (κ2) is 7.70. The van der Waals surface area contributed by atoms with Gasteiger partial charge in [0.05, 0.1) is 11.6 Å². The summed E-state index contributed by atoms with van der Waals surface area (Å²) >= 11 is 0. The van der Waals surface area contributed by atoms with E-state index in [4.69, 9.17) is 0 Å². The van der Waals surface area contributed by atoms with Crippen LogP contribution in [0.15, 0.2) is 29.2 Å². The van der Waals surface area contributed by atoms with E-state index < -0.39 is 51.8 Å². The SMILES string of the molecule is CC(C)N1C[C@]2(C[C@H](O)C2)n2cc(C(=O)NCc3ccc(F)cc3F)c(=O)c(O)c2C1=O. The molecule has 1 spiro atoms. The van der Waals surface area contributed by atoms with Gasteiger partial charge in [-0.15, -0.1) is 0 Å². The van der Waals surface area contributed by atoms with E-state index >= 15 is 0 Å². The van der Waals surface area contributed by atoms with Gasteiger partial charge in [0.2, 0.25) is 5.43 Å². The van der Waals surface area contributed by atoms with E-state index in [0.717, 1.165) is 6.07 Å². The summed E-state index contributed by atoms with van der Waals surface area (Å²) < 4.78 is 28.3. The van der Waals surface area contributed by atoms with E-state index in [1.54, 1.807) is 0 Å². The van der Waals surface area contributed by atoms with Crippen LogP contribution >= 0.6 is 0 Å². The monoisotopic (exact) mass is 447 g/mol. The van der Waals surface area contributed by atoms with Gasteiger partial charge in [-0.25, -0.2) is 8.78 Å². The molecule has 1 aliphatic carbocycles. The van der Waals surface area contributed by atoms with Gasteiger partial charge in [0.25, 0.3) is 11.8 Å². The molecule has 0 radical (unpaired) electrons. The van der Waals surface area contributed by atoms with Gasteiger partial charge in [-0.1, -0.05) is 6.07 Å². The Labute approximate surface area is 182 Å². The Morgan fingerprint density at radius 1 is 1.28 bits per heavy atom. The average Bonchev–Trinajstić information content (AvgIpc) is 2.70. The maximum atomic E-state index is 13.8. The minimum Gasteiger partial charge on any atom is -0.503 e. The molecule has 0 bridgehead atoms. The Morgan fingerprint density at radius 3 is 2.56 bits per heavy atom. The first-order chi connectivity index (χ1) is 15.0. The van der Waals surface area contributed by atoms with Gasteiger partial charge >= 0.3 is 0 Å². The number of carbonyl (C=O) groups excluding carboxylic acids is 2. The molecule has 4 rings (SSSR count). The topological polar surface area (TPSA) is 112 Å². The molecule has 1 fully saturated rings. The van der Waals surface area contributed by atoms with Gasteiger partial charge in [-0.2, -0.15) is 0 Å². The normalized spacial score (nSPS) is 22.1. The molecule has 1 aliphatic heterocycles. The van der Waals surface area contributed by atoms with E-state index in [-0.39, 0.29) is 30.4 Å². The number of aliphatic hydroxyl groups is 1. The molecule has 0 saturated heterocycles. The van der Waals surface area contributed by atoms with Crippen LogP contribution in [0.25, 0.3) is 0 Å². The van der Waals surface area contributed by atoms with Crippen LogP contribution in [0.5, 0.6) is 5.75 Å². The van der Waals surface area contributed by atoms with E-state index in [1.165, 1.54) is 21.7 Å². The van der Waals surface area contributed by atoms with Gasteiger partial charge in [-0.05, 0) is 32.8 Å². The lowest BCUT2D eigenvalue weighted by Gasteiger charge is -2.53. The number of benzene rings is 1. The van der Waals surface area contributed by atoms with Crippen LogP contribution in [0, 0.1) is 11.6 Å². The van der Waals surface area contributed by atoms with Gasteiger partial charge in [0.15, 0.2) is 11.4 Å². The molecule has 3 N–H and O–H groups in total. The molecule has 10 heteroatoms. The largest absolute Gasteiger partial charge is 0.503 e. The van der Waals surface area contributed by atoms with Crippen LogP contribution in [0.3, 0.4) is 0 Å². The lowest BCUT2D eigenvalue weighted by molar-refractivity contribution is -0.0528. The summed E-state index contributed by atoms with van der Waals surface area (Å²) in [4.78, 5) is 39.9. The van der Waals surface area contributed by atoms with Crippen molar-refractivity contribution >= 4 is 11.8 Å². The van der Waals surface area contributed by atoms with Crippen LogP contribution in [0.2, 0.25) is 0 Å². The highest BCUT2D eigenvalue weighted by Gasteiger charge is 2.52. The first kappa shape index (κ1) is 21.9. The number of hydrogen-bond donors (Lipinski definition) is 3. The molecule has 8 nitrogen and oxygen atoms in total. The Morgan fingerprint density at radius 2 is 1.97 bits per heavy atom. The highest BCUT2D eigenvalue weighted by Crippen LogP contribution is 2.45. The predicted molar refractivity (Wildman–Crippen MR) is 109 cm³/mol. The number of fused-ring (bicyclic) bond motifs is 2. The third kappa shape index (κ3) is 3.44. The molecular weight excluding hydrogens is 424 g/mol. The predicted octanol–water partition coefficient (Wildman–Crippen LogP) is 1.48. The van der Waals surface area contributed by atoms with Crippen molar-refractivity contribution in [1.29, 1.82) is 0 Å². The van der Waals surface area contributed by atoms with Crippen LogP contribution in [0.1, 0.15) is 53.1 Å². The number of amides is 2. The zero-order valence-corrected chi connectivity index (χ0v) is 17.6. The van der Waals surface area contributed by atoms with E-state index in [1.807, 2.05) is 13.8 Å². The molecule has 2 amide bonds. The van der Waals surface area contributed by atoms with Crippen molar-refractivity contribution < 1.29 is 28.6 Å². The number of rotatable bonds is 4. The lowest BCUT2D eigenvalue weighted by Crippen LogP contribution is -2.63. The van der Waals surface area contributed by atoms with Crippen LogP contribution in [-0.2, 0) is 12.1 Å². The Kier molecular flexibility index (Phi) is 5.28. The van der Waals surface area contributed by atoms with Crippen LogP contribution in [0.4, 0.5) is 8.78 Å². The van der Waals surface area contributed by atoms with Gasteiger partial charge < -0.3 is 25.0 Å². The standard InChI is InChI=1S/C22H23F2N3O5/c1-11(2)26-10-22(6-14(28)7-22)27-9-15(18(29)19(30)17(27)21(26)32)20(31)25-8-12-3-4-13(23)5-16(12)24/h3-5,9,11,14,28,30H,6-8,10H2,1-2H3,(H,25,31)/t14-,22+.